The monoisotopic (exact) mass is 516 g/mol. The Morgan fingerprint density at radius 2 is 1.62 bits per heavy atom. The Morgan fingerprint density at radius 1 is 0.919 bits per heavy atom. The third kappa shape index (κ3) is 6.68. The lowest BCUT2D eigenvalue weighted by atomic mass is 9.77. The van der Waals surface area contributed by atoms with Crippen molar-refractivity contribution in [2.45, 2.75) is 57.7 Å². The first-order valence-corrected chi connectivity index (χ1v) is 12.2. The average Bonchev–Trinajstić information content (AvgIpc) is 2.86. The molecule has 1 nitrogen and oxygen atoms in total. The standard InChI is InChI=1S/C30H26F6O/c1-2-3-4-5-19-6-9-21(10-7-19)23-14-15-25-24(18-23)13-12-22(28(25)33)11-8-20-16-26(31)29(27(32)17-20)37-30(34,35)36/h2-3,12-19,21H,4-7,9-10H2,1H3/b3-2+. The zero-order valence-electron chi connectivity index (χ0n) is 20.3. The van der Waals surface area contributed by atoms with Gasteiger partial charge in [-0.05, 0) is 86.4 Å². The maximum absolute atomic E-state index is 15.2. The summed E-state index contributed by atoms with van der Waals surface area (Å²) in [4.78, 5) is 0. The molecule has 1 saturated carbocycles. The fourth-order valence-corrected chi connectivity index (χ4v) is 4.93. The molecule has 0 radical (unpaired) electrons. The van der Waals surface area contributed by atoms with Crippen molar-refractivity contribution in [2.75, 3.05) is 0 Å². The number of halogens is 6. The largest absolute Gasteiger partial charge is 0.573 e. The van der Waals surface area contributed by atoms with Crippen molar-refractivity contribution in [3.63, 3.8) is 0 Å². The molecule has 7 heteroatoms. The van der Waals surface area contributed by atoms with Gasteiger partial charge in [0.2, 0.25) is 5.75 Å². The first-order valence-electron chi connectivity index (χ1n) is 12.2. The quantitative estimate of drug-likeness (QED) is 0.187. The fraction of sp³-hybridized carbons (Fsp3) is 0.333. The van der Waals surface area contributed by atoms with Crippen LogP contribution < -0.4 is 4.74 Å². The molecule has 0 amide bonds. The van der Waals surface area contributed by atoms with Gasteiger partial charge in [0, 0.05) is 10.9 Å². The fourth-order valence-electron chi connectivity index (χ4n) is 4.93. The van der Waals surface area contributed by atoms with Gasteiger partial charge in [-0.2, -0.15) is 0 Å². The predicted molar refractivity (Wildman–Crippen MR) is 132 cm³/mol. The summed E-state index contributed by atoms with van der Waals surface area (Å²) in [5.41, 5.74) is 0.948. The number of hydrogen-bond donors (Lipinski definition) is 0. The normalized spacial score (nSPS) is 18.1. The molecule has 1 aliphatic carbocycles. The van der Waals surface area contributed by atoms with Gasteiger partial charge in [0.05, 0.1) is 5.56 Å². The van der Waals surface area contributed by atoms with E-state index in [-0.39, 0.29) is 11.1 Å². The molecule has 0 aromatic heterocycles. The third-order valence-corrected chi connectivity index (χ3v) is 6.83. The minimum absolute atomic E-state index is 0.0123. The first-order chi connectivity index (χ1) is 17.6. The smallest absolute Gasteiger partial charge is 0.399 e. The van der Waals surface area contributed by atoms with E-state index in [0.717, 1.165) is 30.6 Å². The second kappa shape index (κ2) is 11.3. The van der Waals surface area contributed by atoms with Gasteiger partial charge in [0.1, 0.15) is 5.82 Å². The highest BCUT2D eigenvalue weighted by molar-refractivity contribution is 5.85. The maximum Gasteiger partial charge on any atom is 0.573 e. The van der Waals surface area contributed by atoms with Gasteiger partial charge in [0.15, 0.2) is 11.6 Å². The zero-order chi connectivity index (χ0) is 26.6. The number of rotatable bonds is 5. The number of ether oxygens (including phenoxy) is 1. The molecule has 37 heavy (non-hydrogen) atoms. The molecule has 3 aromatic rings. The van der Waals surface area contributed by atoms with E-state index in [4.69, 9.17) is 0 Å². The van der Waals surface area contributed by atoms with Crippen molar-refractivity contribution in [1.29, 1.82) is 0 Å². The second-order valence-electron chi connectivity index (χ2n) is 9.34. The van der Waals surface area contributed by atoms with Crippen molar-refractivity contribution in [3.05, 3.63) is 88.8 Å². The summed E-state index contributed by atoms with van der Waals surface area (Å²) in [6.45, 7) is 2.04. The molecule has 0 spiro atoms. The number of hydrogen-bond acceptors (Lipinski definition) is 1. The number of allylic oxidation sites excluding steroid dienone is 2. The molecule has 0 bridgehead atoms. The molecular formula is C30H26F6O. The van der Waals surface area contributed by atoms with Gasteiger partial charge in [0.25, 0.3) is 0 Å². The molecule has 194 valence electrons. The van der Waals surface area contributed by atoms with Crippen molar-refractivity contribution in [1.82, 2.24) is 0 Å². The molecule has 0 heterocycles. The zero-order valence-corrected chi connectivity index (χ0v) is 20.3. The van der Waals surface area contributed by atoms with E-state index in [0.29, 0.717) is 23.4 Å². The minimum atomic E-state index is -5.24. The van der Waals surface area contributed by atoms with E-state index in [1.54, 1.807) is 12.1 Å². The van der Waals surface area contributed by atoms with Crippen molar-refractivity contribution in [2.24, 2.45) is 5.92 Å². The molecule has 1 fully saturated rings. The maximum atomic E-state index is 15.2. The molecule has 3 aromatic carbocycles. The summed E-state index contributed by atoms with van der Waals surface area (Å²) >= 11 is 0. The highest BCUT2D eigenvalue weighted by atomic mass is 19.4. The van der Waals surface area contributed by atoms with Crippen molar-refractivity contribution >= 4 is 10.8 Å². The lowest BCUT2D eigenvalue weighted by Crippen LogP contribution is -2.19. The molecule has 0 atom stereocenters. The van der Waals surface area contributed by atoms with E-state index < -0.39 is 29.6 Å². The highest BCUT2D eigenvalue weighted by Gasteiger charge is 2.34. The number of benzene rings is 3. The third-order valence-electron chi connectivity index (χ3n) is 6.83. The second-order valence-corrected chi connectivity index (χ2v) is 9.34. The Bertz CT molecular complexity index is 1330. The van der Waals surface area contributed by atoms with Crippen LogP contribution in [0.3, 0.4) is 0 Å². The lowest BCUT2D eigenvalue weighted by molar-refractivity contribution is -0.276. The van der Waals surface area contributed by atoms with E-state index in [1.807, 2.05) is 19.1 Å². The number of alkyl halides is 3. The first kappa shape index (κ1) is 26.7. The summed E-state index contributed by atoms with van der Waals surface area (Å²) in [6, 6.07) is 10.1. The Hall–Kier alpha value is -3.40. The molecule has 0 saturated heterocycles. The van der Waals surface area contributed by atoms with Crippen LogP contribution in [-0.2, 0) is 0 Å². The Balaban J connectivity index is 1.50. The van der Waals surface area contributed by atoms with Crippen LogP contribution in [0.5, 0.6) is 5.75 Å². The molecule has 4 rings (SSSR count). The van der Waals surface area contributed by atoms with Crippen molar-refractivity contribution < 1.29 is 31.1 Å². The van der Waals surface area contributed by atoms with Gasteiger partial charge < -0.3 is 4.74 Å². The Morgan fingerprint density at radius 3 is 2.27 bits per heavy atom. The highest BCUT2D eigenvalue weighted by Crippen LogP contribution is 2.38. The van der Waals surface area contributed by atoms with Crippen LogP contribution >= 0.6 is 0 Å². The van der Waals surface area contributed by atoms with E-state index >= 15 is 4.39 Å². The minimum Gasteiger partial charge on any atom is -0.399 e. The lowest BCUT2D eigenvalue weighted by Gasteiger charge is -2.28. The van der Waals surface area contributed by atoms with Gasteiger partial charge in [-0.15, -0.1) is 13.2 Å². The molecule has 0 aliphatic heterocycles. The summed E-state index contributed by atoms with van der Waals surface area (Å²) in [7, 11) is 0. The summed E-state index contributed by atoms with van der Waals surface area (Å²) < 4.78 is 83.3. The van der Waals surface area contributed by atoms with Crippen molar-refractivity contribution in [3.8, 4) is 17.6 Å². The van der Waals surface area contributed by atoms with Crippen LogP contribution in [0.1, 0.15) is 68.1 Å². The molecular weight excluding hydrogens is 490 g/mol. The molecule has 0 unspecified atom stereocenters. The SMILES string of the molecule is C/C=C/CCC1CCC(c2ccc3c(F)c(C#Cc4cc(F)c(OC(F)(F)F)c(F)c4)ccc3c2)CC1. The van der Waals surface area contributed by atoms with Crippen LogP contribution in [0.15, 0.2) is 54.6 Å². The van der Waals surface area contributed by atoms with Gasteiger partial charge in [-0.3, -0.25) is 0 Å². The van der Waals surface area contributed by atoms with Crippen LogP contribution in [0, 0.1) is 35.2 Å². The van der Waals surface area contributed by atoms with Crippen LogP contribution in [0.25, 0.3) is 10.8 Å². The van der Waals surface area contributed by atoms with Gasteiger partial charge >= 0.3 is 6.36 Å². The molecule has 0 N–H and O–H groups in total. The van der Waals surface area contributed by atoms with Gasteiger partial charge in [-0.25, -0.2) is 13.2 Å². The van der Waals surface area contributed by atoms with Crippen LogP contribution in [-0.4, -0.2) is 6.36 Å². The van der Waals surface area contributed by atoms with E-state index in [1.165, 1.54) is 30.9 Å². The van der Waals surface area contributed by atoms with E-state index in [9.17, 15) is 22.0 Å². The molecule has 1 aliphatic rings. The number of fused-ring (bicyclic) bond motifs is 1. The topological polar surface area (TPSA) is 9.23 Å². The average molecular weight is 517 g/mol. The van der Waals surface area contributed by atoms with Gasteiger partial charge in [-0.1, -0.05) is 48.3 Å². The Kier molecular flexibility index (Phi) is 8.16. The van der Waals surface area contributed by atoms with Crippen LogP contribution in [0.4, 0.5) is 26.3 Å². The van der Waals surface area contributed by atoms with Crippen LogP contribution in [0.2, 0.25) is 0 Å². The summed E-state index contributed by atoms with van der Waals surface area (Å²) in [5, 5.41) is 1.11. The van der Waals surface area contributed by atoms with E-state index in [2.05, 4.69) is 28.7 Å². The Labute approximate surface area is 212 Å². The predicted octanol–water partition coefficient (Wildman–Crippen LogP) is 9.19. The summed E-state index contributed by atoms with van der Waals surface area (Å²) in [5.74, 6) is 0.888. The summed E-state index contributed by atoms with van der Waals surface area (Å²) in [6.07, 6.45) is 5.99.